The largest absolute Gasteiger partial charge is 0.354 e. The third-order valence-electron chi connectivity index (χ3n) is 5.36. The van der Waals surface area contributed by atoms with Crippen molar-refractivity contribution in [3.63, 3.8) is 0 Å². The van der Waals surface area contributed by atoms with Gasteiger partial charge in [-0.15, -0.1) is 0 Å². The molecule has 1 aromatic carbocycles. The molecule has 2 aromatic rings. The average molecular weight is 396 g/mol. The summed E-state index contributed by atoms with van der Waals surface area (Å²) in [5.41, 5.74) is 3.59. The lowest BCUT2D eigenvalue weighted by Crippen LogP contribution is -2.51. The minimum atomic E-state index is -0.0914. The highest BCUT2D eigenvalue weighted by molar-refractivity contribution is 6.02. The third-order valence-corrected chi connectivity index (χ3v) is 5.36. The Kier molecular flexibility index (Phi) is 6.49. The summed E-state index contributed by atoms with van der Waals surface area (Å²) in [5.74, 6) is -0.150. The highest BCUT2D eigenvalue weighted by Crippen LogP contribution is 2.20. The van der Waals surface area contributed by atoms with Crippen molar-refractivity contribution in [1.29, 1.82) is 0 Å². The maximum Gasteiger partial charge on any atom is 0.270 e. The van der Waals surface area contributed by atoms with E-state index in [0.29, 0.717) is 56.1 Å². The molecule has 0 atom stereocenters. The zero-order chi connectivity index (χ0) is 21.0. The molecule has 2 heterocycles. The van der Waals surface area contributed by atoms with Crippen LogP contribution in [0.15, 0.2) is 30.3 Å². The number of benzene rings is 1. The maximum atomic E-state index is 12.9. The predicted octanol–water partition coefficient (Wildman–Crippen LogP) is 1.91. The van der Waals surface area contributed by atoms with Crippen LogP contribution in [0.4, 0.5) is 0 Å². The van der Waals surface area contributed by atoms with Gasteiger partial charge in [-0.05, 0) is 31.9 Å². The van der Waals surface area contributed by atoms with E-state index in [-0.39, 0.29) is 17.6 Å². The summed E-state index contributed by atoms with van der Waals surface area (Å²) in [5, 5.41) is 2.94. The van der Waals surface area contributed by atoms with E-state index in [1.165, 1.54) is 6.92 Å². The van der Waals surface area contributed by atoms with Crippen LogP contribution in [-0.2, 0) is 11.3 Å². The van der Waals surface area contributed by atoms with Crippen molar-refractivity contribution < 1.29 is 14.4 Å². The van der Waals surface area contributed by atoms with Crippen molar-refractivity contribution in [3.8, 4) is 0 Å². The monoisotopic (exact) mass is 396 g/mol. The van der Waals surface area contributed by atoms with E-state index < -0.39 is 0 Å². The Hall–Kier alpha value is -2.93. The fraction of sp³-hybridized carbons (Fsp3) is 0.409. The van der Waals surface area contributed by atoms with Crippen molar-refractivity contribution in [3.05, 3.63) is 58.4 Å². The smallest absolute Gasteiger partial charge is 0.270 e. The van der Waals surface area contributed by atoms with E-state index in [1.807, 2.05) is 37.3 Å². The van der Waals surface area contributed by atoms with Crippen molar-refractivity contribution in [1.82, 2.24) is 20.1 Å². The summed E-state index contributed by atoms with van der Waals surface area (Å²) in [6.45, 7) is 8.36. The number of carbonyl (C=O) groups is 3. The molecule has 0 bridgehead atoms. The van der Waals surface area contributed by atoms with Crippen molar-refractivity contribution in [2.45, 2.75) is 27.3 Å². The number of H-pyrrole nitrogens is 1. The van der Waals surface area contributed by atoms with E-state index in [1.54, 1.807) is 11.8 Å². The Labute approximate surface area is 171 Å². The number of rotatable bonds is 6. The number of nitrogens with one attached hydrogen (secondary N) is 2. The minimum Gasteiger partial charge on any atom is -0.354 e. The highest BCUT2D eigenvalue weighted by Gasteiger charge is 2.27. The summed E-state index contributed by atoms with van der Waals surface area (Å²) in [4.78, 5) is 43.8. The zero-order valence-electron chi connectivity index (χ0n) is 17.2. The second kappa shape index (κ2) is 9.05. The van der Waals surface area contributed by atoms with Crippen molar-refractivity contribution in [2.75, 3.05) is 32.7 Å². The SMILES string of the molecule is CC(=O)c1c(C)[nH]c(C(=O)N2CCN(CC(=O)NCc3ccccc3)CC2)c1C. The van der Waals surface area contributed by atoms with Gasteiger partial charge in [0.15, 0.2) is 5.78 Å². The Morgan fingerprint density at radius 2 is 1.69 bits per heavy atom. The normalized spacial score (nSPS) is 14.7. The van der Waals surface area contributed by atoms with E-state index in [0.717, 1.165) is 11.3 Å². The number of carbonyl (C=O) groups excluding carboxylic acids is 3. The second-order valence-electron chi connectivity index (χ2n) is 7.51. The van der Waals surface area contributed by atoms with Crippen molar-refractivity contribution >= 4 is 17.6 Å². The van der Waals surface area contributed by atoms with E-state index >= 15 is 0 Å². The van der Waals surface area contributed by atoms with Crippen LogP contribution in [0.3, 0.4) is 0 Å². The molecule has 1 saturated heterocycles. The van der Waals surface area contributed by atoms with Crippen LogP contribution in [-0.4, -0.2) is 65.1 Å². The fourth-order valence-electron chi connectivity index (χ4n) is 3.81. The first-order chi connectivity index (χ1) is 13.9. The molecule has 1 aliphatic heterocycles. The van der Waals surface area contributed by atoms with Gasteiger partial charge in [-0.3, -0.25) is 19.3 Å². The number of hydrogen-bond acceptors (Lipinski definition) is 4. The summed E-state index contributed by atoms with van der Waals surface area (Å²) < 4.78 is 0. The lowest BCUT2D eigenvalue weighted by atomic mass is 10.1. The molecule has 1 fully saturated rings. The third kappa shape index (κ3) is 4.92. The van der Waals surface area contributed by atoms with E-state index in [4.69, 9.17) is 0 Å². The van der Waals surface area contributed by atoms with Gasteiger partial charge in [-0.2, -0.15) is 0 Å². The summed E-state index contributed by atoms with van der Waals surface area (Å²) in [6, 6.07) is 9.80. The second-order valence-corrected chi connectivity index (χ2v) is 7.51. The standard InChI is InChI=1S/C22H28N4O3/c1-15-20(17(3)27)16(2)24-21(15)22(29)26-11-9-25(10-12-26)14-19(28)23-13-18-7-5-4-6-8-18/h4-8,24H,9-14H2,1-3H3,(H,23,28). The van der Waals surface area contributed by atoms with E-state index in [2.05, 4.69) is 15.2 Å². The summed E-state index contributed by atoms with van der Waals surface area (Å²) >= 11 is 0. The molecule has 7 nitrogen and oxygen atoms in total. The molecular weight excluding hydrogens is 368 g/mol. The number of aryl methyl sites for hydroxylation is 1. The molecule has 2 N–H and O–H groups in total. The molecule has 1 aliphatic rings. The first kappa shape index (κ1) is 20.8. The highest BCUT2D eigenvalue weighted by atomic mass is 16.2. The molecule has 0 saturated carbocycles. The lowest BCUT2D eigenvalue weighted by molar-refractivity contribution is -0.122. The maximum absolute atomic E-state index is 12.9. The Balaban J connectivity index is 1.50. The van der Waals surface area contributed by atoms with Gasteiger partial charge in [0, 0.05) is 44.0 Å². The van der Waals surface area contributed by atoms with Gasteiger partial charge >= 0.3 is 0 Å². The zero-order valence-corrected chi connectivity index (χ0v) is 17.2. The number of aromatic amines is 1. The molecule has 0 spiro atoms. The molecule has 0 radical (unpaired) electrons. The quantitative estimate of drug-likeness (QED) is 0.731. The number of piperazine rings is 1. The average Bonchev–Trinajstić information content (AvgIpc) is 3.01. The first-order valence-corrected chi connectivity index (χ1v) is 9.89. The molecule has 29 heavy (non-hydrogen) atoms. The van der Waals surface area contributed by atoms with Crippen LogP contribution in [0.2, 0.25) is 0 Å². The lowest BCUT2D eigenvalue weighted by Gasteiger charge is -2.34. The van der Waals surface area contributed by atoms with Gasteiger partial charge in [0.2, 0.25) is 5.91 Å². The van der Waals surface area contributed by atoms with Crippen LogP contribution in [0, 0.1) is 13.8 Å². The number of ketones is 1. The molecule has 7 heteroatoms. The number of hydrogen-bond donors (Lipinski definition) is 2. The van der Waals surface area contributed by atoms with Crippen LogP contribution in [0.25, 0.3) is 0 Å². The summed E-state index contributed by atoms with van der Waals surface area (Å²) in [6.07, 6.45) is 0. The van der Waals surface area contributed by atoms with Gasteiger partial charge in [0.05, 0.1) is 6.54 Å². The number of amides is 2. The Morgan fingerprint density at radius 1 is 1.03 bits per heavy atom. The topological polar surface area (TPSA) is 85.5 Å². The molecule has 2 amide bonds. The first-order valence-electron chi connectivity index (χ1n) is 9.89. The number of nitrogens with zero attached hydrogens (tertiary/aromatic N) is 2. The van der Waals surface area contributed by atoms with Gasteiger partial charge in [0.25, 0.3) is 5.91 Å². The van der Waals surface area contributed by atoms with Gasteiger partial charge in [-0.25, -0.2) is 0 Å². The molecule has 0 aliphatic carbocycles. The summed E-state index contributed by atoms with van der Waals surface area (Å²) in [7, 11) is 0. The van der Waals surface area contributed by atoms with E-state index in [9.17, 15) is 14.4 Å². The van der Waals surface area contributed by atoms with Gasteiger partial charge in [-0.1, -0.05) is 30.3 Å². The molecule has 1 aromatic heterocycles. The molecular formula is C22H28N4O3. The minimum absolute atomic E-state index is 0.0180. The molecule has 3 rings (SSSR count). The fourth-order valence-corrected chi connectivity index (χ4v) is 3.81. The van der Waals surface area contributed by atoms with Crippen LogP contribution < -0.4 is 5.32 Å². The number of Topliss-reactive ketones (excluding diaryl/α,β-unsaturated/α-hetero) is 1. The number of aromatic nitrogens is 1. The molecule has 0 unspecified atom stereocenters. The Bertz CT molecular complexity index is 896. The van der Waals surface area contributed by atoms with Gasteiger partial charge in [0.1, 0.15) is 5.69 Å². The molecule has 154 valence electrons. The van der Waals surface area contributed by atoms with Crippen molar-refractivity contribution in [2.24, 2.45) is 0 Å². The van der Waals surface area contributed by atoms with Crippen LogP contribution >= 0.6 is 0 Å². The van der Waals surface area contributed by atoms with Crippen LogP contribution in [0.5, 0.6) is 0 Å². The Morgan fingerprint density at radius 3 is 2.28 bits per heavy atom. The van der Waals surface area contributed by atoms with Crippen LogP contribution in [0.1, 0.15) is 44.6 Å². The van der Waals surface area contributed by atoms with Gasteiger partial charge < -0.3 is 15.2 Å². The predicted molar refractivity (Wildman–Crippen MR) is 111 cm³/mol.